The minimum absolute atomic E-state index is 0.0983. The van der Waals surface area contributed by atoms with Crippen LogP contribution in [0.4, 0.5) is 13.2 Å². The van der Waals surface area contributed by atoms with Gasteiger partial charge in [0.15, 0.2) is 9.84 Å². The summed E-state index contributed by atoms with van der Waals surface area (Å²) in [5, 5.41) is 2.61. The Hall–Kier alpha value is -2.92. The quantitative estimate of drug-likeness (QED) is 0.453. The molecule has 11 heteroatoms. The van der Waals surface area contributed by atoms with Crippen molar-refractivity contribution in [3.63, 3.8) is 0 Å². The summed E-state index contributed by atoms with van der Waals surface area (Å²) < 4.78 is 66.2. The molecule has 1 aliphatic heterocycles. The van der Waals surface area contributed by atoms with Gasteiger partial charge in [-0.3, -0.25) is 14.5 Å². The predicted molar refractivity (Wildman–Crippen MR) is 150 cm³/mol. The third kappa shape index (κ3) is 7.12. The van der Waals surface area contributed by atoms with Gasteiger partial charge in [0.25, 0.3) is 5.91 Å². The van der Waals surface area contributed by atoms with Crippen LogP contribution < -0.4 is 5.32 Å². The van der Waals surface area contributed by atoms with Crippen LogP contribution in [-0.4, -0.2) is 73.0 Å². The molecule has 0 bridgehead atoms. The number of carbonyl (C=O) groups excluding carboxylic acids is 2. The second-order valence-electron chi connectivity index (χ2n) is 11.2. The van der Waals surface area contributed by atoms with Crippen LogP contribution in [-0.2, 0) is 20.8 Å². The summed E-state index contributed by atoms with van der Waals surface area (Å²) in [6.45, 7) is 7.49. The van der Waals surface area contributed by atoms with Gasteiger partial charge in [0.2, 0.25) is 5.91 Å². The first-order chi connectivity index (χ1) is 19.3. The number of halogens is 3. The lowest BCUT2D eigenvalue weighted by Crippen LogP contribution is -2.53. The van der Waals surface area contributed by atoms with Gasteiger partial charge in [0, 0.05) is 30.2 Å². The monoisotopic (exact) mass is 593 g/mol. The van der Waals surface area contributed by atoms with E-state index in [4.69, 9.17) is 0 Å². The Morgan fingerprint density at radius 2 is 1.78 bits per heavy atom. The number of hydrogen-bond donors (Lipinski definition) is 1. The number of hydrogen-bond acceptors (Lipinski definition) is 5. The number of carbonyl (C=O) groups is 2. The number of amides is 2. The zero-order chi connectivity index (χ0) is 29.9. The fourth-order valence-electron chi connectivity index (χ4n) is 6.41. The van der Waals surface area contributed by atoms with Crippen LogP contribution >= 0.6 is 0 Å². The smallest absolute Gasteiger partial charge is 0.340 e. The van der Waals surface area contributed by atoms with E-state index in [0.717, 1.165) is 31.2 Å². The zero-order valence-corrected chi connectivity index (χ0v) is 24.4. The molecule has 2 aromatic carbocycles. The summed E-state index contributed by atoms with van der Waals surface area (Å²) in [6.07, 6.45) is -2.23. The standard InChI is InChI=1S/C30H38F3N3O4S/c1-4-35(20(2)3)24-13-14-27(22(18-24)19-41(39,40)25-11-6-5-7-12-25)36-16-15-26(29(36)38)34-28(37)21-9-8-10-23(17-21)30(31,32)33/h5-12,17,20,22,24,26-27H,4,13-16,18-19H2,1-3H3,(H,34,37)/t22-,24+,26+,27+/m1/s1. The molecule has 0 unspecified atom stereocenters. The fourth-order valence-corrected chi connectivity index (χ4v) is 8.09. The van der Waals surface area contributed by atoms with Gasteiger partial charge < -0.3 is 10.2 Å². The Kier molecular flexibility index (Phi) is 9.48. The highest BCUT2D eigenvalue weighted by molar-refractivity contribution is 7.91. The van der Waals surface area contributed by atoms with E-state index in [1.807, 2.05) is 0 Å². The molecule has 1 N–H and O–H groups in total. The molecule has 2 aliphatic rings. The van der Waals surface area contributed by atoms with Crippen molar-refractivity contribution in [2.75, 3.05) is 18.8 Å². The molecular formula is C30H38F3N3O4S. The van der Waals surface area contributed by atoms with Crippen molar-refractivity contribution in [2.45, 2.75) is 81.7 Å². The second-order valence-corrected chi connectivity index (χ2v) is 13.3. The summed E-state index contributed by atoms with van der Waals surface area (Å²) in [5.41, 5.74) is -1.11. The van der Waals surface area contributed by atoms with E-state index in [1.54, 1.807) is 35.2 Å². The number of sulfone groups is 1. The van der Waals surface area contributed by atoms with Crippen LogP contribution in [0.2, 0.25) is 0 Å². The first-order valence-corrected chi connectivity index (χ1v) is 15.8. The molecule has 1 saturated carbocycles. The maximum atomic E-state index is 13.5. The topological polar surface area (TPSA) is 86.8 Å². The highest BCUT2D eigenvalue weighted by Gasteiger charge is 2.44. The SMILES string of the molecule is CCN(C(C)C)[C@H]1CC[C@H](N2CC[C@H](NC(=O)c3cccc(C(F)(F)F)c3)C2=O)[C@@H](CS(=O)(=O)c2ccccc2)C1. The number of nitrogens with one attached hydrogen (secondary N) is 1. The average molecular weight is 594 g/mol. The number of likely N-dealkylation sites (tertiary alicyclic amines) is 1. The maximum Gasteiger partial charge on any atom is 0.416 e. The van der Waals surface area contributed by atoms with Crippen LogP contribution in [0.25, 0.3) is 0 Å². The highest BCUT2D eigenvalue weighted by Crippen LogP contribution is 2.36. The van der Waals surface area contributed by atoms with Crippen molar-refractivity contribution < 1.29 is 31.2 Å². The zero-order valence-electron chi connectivity index (χ0n) is 23.6. The van der Waals surface area contributed by atoms with E-state index >= 15 is 0 Å². The van der Waals surface area contributed by atoms with Gasteiger partial charge in [0.1, 0.15) is 6.04 Å². The molecule has 41 heavy (non-hydrogen) atoms. The lowest BCUT2D eigenvalue weighted by atomic mass is 9.80. The van der Waals surface area contributed by atoms with Crippen molar-refractivity contribution in [3.8, 4) is 0 Å². The Bertz CT molecular complexity index is 1330. The summed E-state index contributed by atoms with van der Waals surface area (Å²) in [7, 11) is -3.62. The van der Waals surface area contributed by atoms with Gasteiger partial charge >= 0.3 is 6.18 Å². The van der Waals surface area contributed by atoms with E-state index in [9.17, 15) is 31.2 Å². The van der Waals surface area contributed by atoms with Crippen LogP contribution in [0.5, 0.6) is 0 Å². The van der Waals surface area contributed by atoms with Gasteiger partial charge in [0.05, 0.1) is 16.2 Å². The Morgan fingerprint density at radius 1 is 1.07 bits per heavy atom. The molecule has 7 nitrogen and oxygen atoms in total. The minimum atomic E-state index is -4.59. The molecule has 2 amide bonds. The van der Waals surface area contributed by atoms with Gasteiger partial charge in [-0.05, 0) is 82.3 Å². The Morgan fingerprint density at radius 3 is 2.41 bits per heavy atom. The van der Waals surface area contributed by atoms with Crippen molar-refractivity contribution in [3.05, 3.63) is 65.7 Å². The normalized spacial score (nSPS) is 23.8. The van der Waals surface area contributed by atoms with E-state index in [1.165, 1.54) is 6.07 Å². The van der Waals surface area contributed by atoms with Crippen LogP contribution in [0.1, 0.15) is 62.4 Å². The maximum absolute atomic E-state index is 13.5. The van der Waals surface area contributed by atoms with Crippen LogP contribution in [0, 0.1) is 5.92 Å². The molecule has 0 radical (unpaired) electrons. The second kappa shape index (κ2) is 12.5. The summed E-state index contributed by atoms with van der Waals surface area (Å²) in [4.78, 5) is 30.6. The number of alkyl halides is 3. The molecule has 0 spiro atoms. The third-order valence-electron chi connectivity index (χ3n) is 8.35. The predicted octanol–water partition coefficient (Wildman–Crippen LogP) is 4.78. The summed E-state index contributed by atoms with van der Waals surface area (Å²) in [5.74, 6) is -1.49. The fraction of sp³-hybridized carbons (Fsp3) is 0.533. The van der Waals surface area contributed by atoms with E-state index in [0.29, 0.717) is 25.8 Å². The first-order valence-electron chi connectivity index (χ1n) is 14.1. The van der Waals surface area contributed by atoms with Crippen LogP contribution in [0.3, 0.4) is 0 Å². The molecule has 4 atom stereocenters. The lowest BCUT2D eigenvalue weighted by molar-refractivity contribution is -0.137. The Balaban J connectivity index is 1.52. The van der Waals surface area contributed by atoms with E-state index in [2.05, 4.69) is 31.0 Å². The molecular weight excluding hydrogens is 555 g/mol. The van der Waals surface area contributed by atoms with Crippen molar-refractivity contribution in [2.24, 2.45) is 5.92 Å². The minimum Gasteiger partial charge on any atom is -0.340 e. The first kappa shape index (κ1) is 31.0. The van der Waals surface area contributed by atoms with E-state index in [-0.39, 0.29) is 46.2 Å². The number of rotatable bonds is 9. The lowest BCUT2D eigenvalue weighted by Gasteiger charge is -2.45. The Labute approximate surface area is 240 Å². The summed E-state index contributed by atoms with van der Waals surface area (Å²) >= 11 is 0. The number of nitrogens with zero attached hydrogens (tertiary/aromatic N) is 2. The molecule has 2 aromatic rings. The van der Waals surface area contributed by atoms with Crippen molar-refractivity contribution in [1.29, 1.82) is 0 Å². The third-order valence-corrected chi connectivity index (χ3v) is 10.2. The summed E-state index contributed by atoms with van der Waals surface area (Å²) in [6, 6.07) is 11.7. The van der Waals surface area contributed by atoms with Crippen molar-refractivity contribution in [1.82, 2.24) is 15.1 Å². The van der Waals surface area contributed by atoms with E-state index < -0.39 is 33.5 Å². The van der Waals surface area contributed by atoms with Crippen molar-refractivity contribution >= 4 is 21.7 Å². The average Bonchev–Trinajstić information content (AvgIpc) is 3.28. The molecule has 0 aromatic heterocycles. The molecule has 1 saturated heterocycles. The highest BCUT2D eigenvalue weighted by atomic mass is 32.2. The van der Waals surface area contributed by atoms with Gasteiger partial charge in [-0.25, -0.2) is 8.42 Å². The molecule has 1 aliphatic carbocycles. The molecule has 224 valence electrons. The van der Waals surface area contributed by atoms with Gasteiger partial charge in [-0.2, -0.15) is 13.2 Å². The van der Waals surface area contributed by atoms with Gasteiger partial charge in [-0.1, -0.05) is 31.2 Å². The largest absolute Gasteiger partial charge is 0.416 e. The molecule has 2 fully saturated rings. The molecule has 1 heterocycles. The molecule has 4 rings (SSSR count). The number of benzene rings is 2. The van der Waals surface area contributed by atoms with Crippen LogP contribution in [0.15, 0.2) is 59.5 Å². The van der Waals surface area contributed by atoms with Gasteiger partial charge in [-0.15, -0.1) is 0 Å².